The standard InChI is InChI=1S/C10H20N2/c1-12-7-3-2-4-9(12)10(8-11)5-6-10/h9H,2-8,11H2,1H3. The maximum absolute atomic E-state index is 5.84. The van der Waals surface area contributed by atoms with Gasteiger partial charge < -0.3 is 10.6 Å². The third-order valence-electron chi connectivity index (χ3n) is 3.78. The molecule has 1 aliphatic heterocycles. The summed E-state index contributed by atoms with van der Waals surface area (Å²) in [5.74, 6) is 0. The Balaban J connectivity index is 2.01. The van der Waals surface area contributed by atoms with Crippen LogP contribution < -0.4 is 5.73 Å². The fraction of sp³-hybridized carbons (Fsp3) is 1.00. The molecule has 1 heterocycles. The smallest absolute Gasteiger partial charge is 0.0161 e. The van der Waals surface area contributed by atoms with Crippen LogP contribution in [-0.2, 0) is 0 Å². The average molecular weight is 168 g/mol. The van der Waals surface area contributed by atoms with Crippen molar-refractivity contribution in [3.8, 4) is 0 Å². The fourth-order valence-electron chi connectivity index (χ4n) is 2.68. The molecule has 0 bridgehead atoms. The van der Waals surface area contributed by atoms with Gasteiger partial charge in [-0.1, -0.05) is 6.42 Å². The molecule has 2 nitrogen and oxygen atoms in total. The molecule has 0 aromatic carbocycles. The Hall–Kier alpha value is -0.0800. The molecule has 2 heteroatoms. The van der Waals surface area contributed by atoms with E-state index in [1.807, 2.05) is 0 Å². The second kappa shape index (κ2) is 3.00. The topological polar surface area (TPSA) is 29.3 Å². The van der Waals surface area contributed by atoms with Gasteiger partial charge in [0.2, 0.25) is 0 Å². The van der Waals surface area contributed by atoms with Gasteiger partial charge in [0.1, 0.15) is 0 Å². The van der Waals surface area contributed by atoms with Gasteiger partial charge in [-0.2, -0.15) is 0 Å². The molecule has 0 spiro atoms. The highest BCUT2D eigenvalue weighted by molar-refractivity contribution is 5.04. The van der Waals surface area contributed by atoms with Crippen LogP contribution in [0.5, 0.6) is 0 Å². The van der Waals surface area contributed by atoms with Gasteiger partial charge in [-0.3, -0.25) is 0 Å². The number of hydrogen-bond donors (Lipinski definition) is 1. The summed E-state index contributed by atoms with van der Waals surface area (Å²) in [5, 5.41) is 0. The SMILES string of the molecule is CN1CCCCC1C1(CN)CC1. The highest BCUT2D eigenvalue weighted by atomic mass is 15.2. The fourth-order valence-corrected chi connectivity index (χ4v) is 2.68. The first kappa shape index (κ1) is 8.52. The van der Waals surface area contributed by atoms with Crippen LogP contribution in [0.4, 0.5) is 0 Å². The number of likely N-dealkylation sites (tertiary alicyclic amines) is 1. The van der Waals surface area contributed by atoms with E-state index in [0.29, 0.717) is 5.41 Å². The van der Waals surface area contributed by atoms with Crippen LogP contribution in [0.25, 0.3) is 0 Å². The molecule has 1 atom stereocenters. The molecule has 2 aliphatic rings. The van der Waals surface area contributed by atoms with Gasteiger partial charge >= 0.3 is 0 Å². The van der Waals surface area contributed by atoms with Crippen molar-refractivity contribution in [2.75, 3.05) is 20.1 Å². The summed E-state index contributed by atoms with van der Waals surface area (Å²) in [5.41, 5.74) is 6.37. The second-order valence-electron chi connectivity index (χ2n) is 4.56. The van der Waals surface area contributed by atoms with Gasteiger partial charge in [-0.25, -0.2) is 0 Å². The number of nitrogens with two attached hydrogens (primary N) is 1. The number of rotatable bonds is 2. The molecule has 1 saturated heterocycles. The Labute approximate surface area is 75.1 Å². The molecule has 1 aliphatic carbocycles. The van der Waals surface area contributed by atoms with Crippen molar-refractivity contribution in [1.82, 2.24) is 4.90 Å². The van der Waals surface area contributed by atoms with Crippen molar-refractivity contribution < 1.29 is 0 Å². The molecular weight excluding hydrogens is 148 g/mol. The predicted molar refractivity (Wildman–Crippen MR) is 51.0 cm³/mol. The van der Waals surface area contributed by atoms with Crippen LogP contribution in [0.1, 0.15) is 32.1 Å². The van der Waals surface area contributed by atoms with Crippen molar-refractivity contribution in [3.63, 3.8) is 0 Å². The summed E-state index contributed by atoms with van der Waals surface area (Å²) in [6, 6.07) is 0.802. The molecular formula is C10H20N2. The zero-order valence-electron chi connectivity index (χ0n) is 8.05. The van der Waals surface area contributed by atoms with Crippen molar-refractivity contribution in [2.45, 2.75) is 38.1 Å². The predicted octanol–water partition coefficient (Wildman–Crippen LogP) is 1.21. The van der Waals surface area contributed by atoms with Crippen molar-refractivity contribution >= 4 is 0 Å². The second-order valence-corrected chi connectivity index (χ2v) is 4.56. The van der Waals surface area contributed by atoms with Crippen LogP contribution in [0, 0.1) is 5.41 Å². The molecule has 0 aromatic rings. The van der Waals surface area contributed by atoms with E-state index in [0.717, 1.165) is 12.6 Å². The van der Waals surface area contributed by atoms with Gasteiger partial charge in [0.15, 0.2) is 0 Å². The molecule has 12 heavy (non-hydrogen) atoms. The average Bonchev–Trinajstić information content (AvgIpc) is 2.86. The van der Waals surface area contributed by atoms with Crippen molar-refractivity contribution in [2.24, 2.45) is 11.1 Å². The van der Waals surface area contributed by atoms with Crippen molar-refractivity contribution in [1.29, 1.82) is 0 Å². The lowest BCUT2D eigenvalue weighted by atomic mass is 9.88. The third-order valence-corrected chi connectivity index (χ3v) is 3.78. The largest absolute Gasteiger partial charge is 0.330 e. The number of nitrogens with zero attached hydrogens (tertiary/aromatic N) is 1. The Morgan fingerprint density at radius 3 is 2.67 bits per heavy atom. The molecule has 70 valence electrons. The molecule has 0 radical (unpaired) electrons. The quantitative estimate of drug-likeness (QED) is 0.671. The maximum atomic E-state index is 5.84. The van der Waals surface area contributed by atoms with E-state index in [4.69, 9.17) is 5.73 Å². The molecule has 2 rings (SSSR count). The van der Waals surface area contributed by atoms with Crippen LogP contribution >= 0.6 is 0 Å². The first-order valence-electron chi connectivity index (χ1n) is 5.19. The first-order valence-corrected chi connectivity index (χ1v) is 5.19. The highest BCUT2D eigenvalue weighted by Crippen LogP contribution is 2.51. The zero-order valence-corrected chi connectivity index (χ0v) is 8.05. The van der Waals surface area contributed by atoms with Crippen LogP contribution in [-0.4, -0.2) is 31.1 Å². The third kappa shape index (κ3) is 1.27. The summed E-state index contributed by atoms with van der Waals surface area (Å²) in [4.78, 5) is 2.53. The monoisotopic (exact) mass is 168 g/mol. The first-order chi connectivity index (χ1) is 5.78. The molecule has 0 aromatic heterocycles. The lowest BCUT2D eigenvalue weighted by Crippen LogP contribution is -2.45. The summed E-state index contributed by atoms with van der Waals surface area (Å²) in [6.07, 6.45) is 6.93. The maximum Gasteiger partial charge on any atom is 0.0161 e. The van der Waals surface area contributed by atoms with Crippen LogP contribution in [0.3, 0.4) is 0 Å². The van der Waals surface area contributed by atoms with E-state index in [1.165, 1.54) is 38.6 Å². The minimum absolute atomic E-state index is 0.537. The minimum atomic E-state index is 0.537. The lowest BCUT2D eigenvalue weighted by Gasteiger charge is -2.38. The Morgan fingerprint density at radius 1 is 1.42 bits per heavy atom. The van der Waals surface area contributed by atoms with Gasteiger partial charge in [0.25, 0.3) is 0 Å². The van der Waals surface area contributed by atoms with Gasteiger partial charge in [0.05, 0.1) is 0 Å². The van der Waals surface area contributed by atoms with E-state index >= 15 is 0 Å². The van der Waals surface area contributed by atoms with Crippen molar-refractivity contribution in [3.05, 3.63) is 0 Å². The molecule has 2 N–H and O–H groups in total. The molecule has 1 unspecified atom stereocenters. The van der Waals surface area contributed by atoms with E-state index in [1.54, 1.807) is 0 Å². The van der Waals surface area contributed by atoms with E-state index in [9.17, 15) is 0 Å². The van der Waals surface area contributed by atoms with E-state index in [-0.39, 0.29) is 0 Å². The number of piperidine rings is 1. The summed E-state index contributed by atoms with van der Waals surface area (Å²) in [6.45, 7) is 2.19. The van der Waals surface area contributed by atoms with E-state index < -0.39 is 0 Å². The van der Waals surface area contributed by atoms with E-state index in [2.05, 4.69) is 11.9 Å². The Bertz CT molecular complexity index is 163. The summed E-state index contributed by atoms with van der Waals surface area (Å²) >= 11 is 0. The van der Waals surface area contributed by atoms with Crippen LogP contribution in [0.15, 0.2) is 0 Å². The molecule has 1 saturated carbocycles. The van der Waals surface area contributed by atoms with Gasteiger partial charge in [-0.15, -0.1) is 0 Å². The molecule has 0 amide bonds. The summed E-state index contributed by atoms with van der Waals surface area (Å²) < 4.78 is 0. The lowest BCUT2D eigenvalue weighted by molar-refractivity contribution is 0.119. The zero-order chi connectivity index (χ0) is 8.60. The number of hydrogen-bond acceptors (Lipinski definition) is 2. The van der Waals surface area contributed by atoms with Gasteiger partial charge in [0, 0.05) is 6.04 Å². The van der Waals surface area contributed by atoms with Crippen LogP contribution in [0.2, 0.25) is 0 Å². The minimum Gasteiger partial charge on any atom is -0.330 e. The normalized spacial score (nSPS) is 35.0. The Kier molecular flexibility index (Phi) is 2.13. The Morgan fingerprint density at radius 2 is 2.17 bits per heavy atom. The van der Waals surface area contributed by atoms with Gasteiger partial charge in [-0.05, 0) is 51.2 Å². The summed E-state index contributed by atoms with van der Waals surface area (Å²) in [7, 11) is 2.26. The highest BCUT2D eigenvalue weighted by Gasteiger charge is 2.49. The molecule has 2 fully saturated rings.